The van der Waals surface area contributed by atoms with Gasteiger partial charge in [0.05, 0.1) is 13.3 Å². The second-order valence-corrected chi connectivity index (χ2v) is 4.97. The molecule has 0 aliphatic rings. The molecule has 116 valence electrons. The minimum absolute atomic E-state index is 0.221. The van der Waals surface area contributed by atoms with E-state index < -0.39 is 0 Å². The summed E-state index contributed by atoms with van der Waals surface area (Å²) in [6, 6.07) is 17.0. The van der Waals surface area contributed by atoms with Gasteiger partial charge in [0.25, 0.3) is 5.91 Å². The van der Waals surface area contributed by atoms with Crippen molar-refractivity contribution in [3.63, 3.8) is 0 Å². The summed E-state index contributed by atoms with van der Waals surface area (Å²) in [7, 11) is 1.62. The van der Waals surface area contributed by atoms with E-state index in [-0.39, 0.29) is 5.91 Å². The van der Waals surface area contributed by atoms with Crippen LogP contribution in [-0.4, -0.2) is 18.2 Å². The Bertz CT molecular complexity index is 780. The summed E-state index contributed by atoms with van der Waals surface area (Å²) in [5.74, 6) is 1.03. The number of carbonyl (C=O) groups excluding carboxylic acids is 1. The number of methoxy groups -OCH3 is 1. The van der Waals surface area contributed by atoms with Crippen LogP contribution < -0.4 is 10.1 Å². The highest BCUT2D eigenvalue weighted by molar-refractivity contribution is 5.99. The van der Waals surface area contributed by atoms with E-state index in [1.807, 2.05) is 54.6 Å². The van der Waals surface area contributed by atoms with Gasteiger partial charge in [0.15, 0.2) is 5.76 Å². The van der Waals surface area contributed by atoms with Crippen molar-refractivity contribution in [2.24, 2.45) is 0 Å². The molecule has 0 saturated carbocycles. The fourth-order valence-electron chi connectivity index (χ4n) is 2.22. The zero-order chi connectivity index (χ0) is 16.1. The van der Waals surface area contributed by atoms with Crippen molar-refractivity contribution < 1.29 is 14.1 Å². The number of amides is 1. The van der Waals surface area contributed by atoms with Crippen molar-refractivity contribution in [3.05, 3.63) is 71.9 Å². The molecule has 0 unspecified atom stereocenters. The number of rotatable bonds is 5. The van der Waals surface area contributed by atoms with Gasteiger partial charge < -0.3 is 14.6 Å². The number of hydrogen-bond donors (Lipinski definition) is 1. The van der Waals surface area contributed by atoms with E-state index >= 15 is 0 Å². The summed E-state index contributed by atoms with van der Waals surface area (Å²) >= 11 is 0. The molecule has 0 radical (unpaired) electrons. The van der Waals surface area contributed by atoms with Gasteiger partial charge >= 0.3 is 0 Å². The van der Waals surface area contributed by atoms with Crippen LogP contribution in [0.3, 0.4) is 0 Å². The van der Waals surface area contributed by atoms with Crippen LogP contribution in [0, 0.1) is 0 Å². The molecular weight excluding hydrogens is 292 g/mol. The molecule has 1 amide bonds. The van der Waals surface area contributed by atoms with Gasteiger partial charge in [-0.2, -0.15) is 0 Å². The number of benzene rings is 2. The lowest BCUT2D eigenvalue weighted by molar-refractivity contribution is 0.0951. The Morgan fingerprint density at radius 2 is 1.87 bits per heavy atom. The standard InChI is InChI=1S/C18H16N2O3/c1-22-15-9-7-13(8-10-15)11-19-18(21)16-12-20-23-17(16)14-5-3-2-4-6-14/h2-10,12H,11H2,1H3,(H,19,21). The van der Waals surface area contributed by atoms with E-state index in [9.17, 15) is 4.79 Å². The molecule has 1 N–H and O–H groups in total. The Morgan fingerprint density at radius 1 is 1.13 bits per heavy atom. The maximum absolute atomic E-state index is 12.4. The van der Waals surface area contributed by atoms with Gasteiger partial charge in [-0.15, -0.1) is 0 Å². The first-order valence-corrected chi connectivity index (χ1v) is 7.19. The molecule has 0 aliphatic carbocycles. The minimum Gasteiger partial charge on any atom is -0.497 e. The van der Waals surface area contributed by atoms with Gasteiger partial charge in [-0.3, -0.25) is 4.79 Å². The number of carbonyl (C=O) groups is 1. The van der Waals surface area contributed by atoms with Crippen LogP contribution in [0.4, 0.5) is 0 Å². The molecule has 1 heterocycles. The van der Waals surface area contributed by atoms with E-state index in [1.54, 1.807) is 7.11 Å². The maximum Gasteiger partial charge on any atom is 0.257 e. The first-order valence-electron chi connectivity index (χ1n) is 7.19. The fraction of sp³-hybridized carbons (Fsp3) is 0.111. The van der Waals surface area contributed by atoms with Gasteiger partial charge in [0.1, 0.15) is 11.3 Å². The van der Waals surface area contributed by atoms with Crippen LogP contribution >= 0.6 is 0 Å². The van der Waals surface area contributed by atoms with Crippen molar-refractivity contribution in [3.8, 4) is 17.1 Å². The van der Waals surface area contributed by atoms with Crippen LogP contribution in [0.2, 0.25) is 0 Å². The summed E-state index contributed by atoms with van der Waals surface area (Å²) in [4.78, 5) is 12.4. The molecule has 3 aromatic rings. The van der Waals surface area contributed by atoms with Crippen LogP contribution in [0.15, 0.2) is 65.3 Å². The second kappa shape index (κ2) is 6.79. The number of nitrogens with one attached hydrogen (secondary N) is 1. The smallest absolute Gasteiger partial charge is 0.257 e. The van der Waals surface area contributed by atoms with Gasteiger partial charge in [0.2, 0.25) is 0 Å². The fourth-order valence-corrected chi connectivity index (χ4v) is 2.22. The van der Waals surface area contributed by atoms with Crippen molar-refractivity contribution in [2.45, 2.75) is 6.54 Å². The lowest BCUT2D eigenvalue weighted by Crippen LogP contribution is -2.22. The Morgan fingerprint density at radius 3 is 2.57 bits per heavy atom. The molecule has 2 aromatic carbocycles. The highest BCUT2D eigenvalue weighted by Crippen LogP contribution is 2.23. The van der Waals surface area contributed by atoms with Crippen molar-refractivity contribution in [1.29, 1.82) is 0 Å². The number of aromatic nitrogens is 1. The van der Waals surface area contributed by atoms with Crippen LogP contribution in [0.1, 0.15) is 15.9 Å². The Balaban J connectivity index is 1.70. The van der Waals surface area contributed by atoms with Crippen molar-refractivity contribution >= 4 is 5.91 Å². The van der Waals surface area contributed by atoms with Crippen molar-refractivity contribution in [2.75, 3.05) is 7.11 Å². The first-order chi connectivity index (χ1) is 11.3. The summed E-state index contributed by atoms with van der Waals surface area (Å²) in [6.45, 7) is 0.419. The van der Waals surface area contributed by atoms with Gasteiger partial charge in [-0.05, 0) is 17.7 Å². The normalized spacial score (nSPS) is 10.3. The minimum atomic E-state index is -0.221. The van der Waals surface area contributed by atoms with Crippen LogP contribution in [0.5, 0.6) is 5.75 Å². The lowest BCUT2D eigenvalue weighted by Gasteiger charge is -2.06. The Labute approximate surface area is 133 Å². The highest BCUT2D eigenvalue weighted by Gasteiger charge is 2.17. The molecule has 23 heavy (non-hydrogen) atoms. The third-order valence-corrected chi connectivity index (χ3v) is 3.46. The zero-order valence-corrected chi connectivity index (χ0v) is 12.7. The average Bonchev–Trinajstić information content (AvgIpc) is 3.11. The molecule has 5 heteroatoms. The molecule has 5 nitrogen and oxygen atoms in total. The first kappa shape index (κ1) is 14.8. The third kappa shape index (κ3) is 3.40. The number of nitrogens with zero attached hydrogens (tertiary/aromatic N) is 1. The quantitative estimate of drug-likeness (QED) is 0.785. The lowest BCUT2D eigenvalue weighted by atomic mass is 10.1. The molecule has 1 aromatic heterocycles. The second-order valence-electron chi connectivity index (χ2n) is 4.97. The summed E-state index contributed by atoms with van der Waals surface area (Å²) < 4.78 is 10.3. The number of hydrogen-bond acceptors (Lipinski definition) is 4. The van der Waals surface area contributed by atoms with E-state index in [1.165, 1.54) is 6.20 Å². The molecule has 0 fully saturated rings. The maximum atomic E-state index is 12.4. The van der Waals surface area contributed by atoms with Gasteiger partial charge in [0, 0.05) is 12.1 Å². The molecule has 0 atom stereocenters. The van der Waals surface area contributed by atoms with Gasteiger partial charge in [-0.1, -0.05) is 47.6 Å². The third-order valence-electron chi connectivity index (χ3n) is 3.46. The SMILES string of the molecule is COc1ccc(CNC(=O)c2cnoc2-c2ccccc2)cc1. The summed E-state index contributed by atoms with van der Waals surface area (Å²) in [5, 5.41) is 6.61. The van der Waals surface area contributed by atoms with Gasteiger partial charge in [-0.25, -0.2) is 0 Å². The molecule has 3 rings (SSSR count). The van der Waals surface area contributed by atoms with E-state index in [4.69, 9.17) is 9.26 Å². The predicted molar refractivity (Wildman–Crippen MR) is 86.1 cm³/mol. The molecule has 0 bridgehead atoms. The summed E-state index contributed by atoms with van der Waals surface area (Å²) in [6.07, 6.45) is 1.44. The molecule has 0 aliphatic heterocycles. The largest absolute Gasteiger partial charge is 0.497 e. The van der Waals surface area contributed by atoms with E-state index in [0.717, 1.165) is 16.9 Å². The zero-order valence-electron chi connectivity index (χ0n) is 12.7. The van der Waals surface area contributed by atoms with E-state index in [2.05, 4.69) is 10.5 Å². The van der Waals surface area contributed by atoms with Crippen LogP contribution in [-0.2, 0) is 6.54 Å². The Hall–Kier alpha value is -3.08. The average molecular weight is 308 g/mol. The van der Waals surface area contributed by atoms with E-state index in [0.29, 0.717) is 17.9 Å². The number of ether oxygens (including phenoxy) is 1. The molecular formula is C18H16N2O3. The molecule has 0 saturated heterocycles. The highest BCUT2D eigenvalue weighted by atomic mass is 16.5. The van der Waals surface area contributed by atoms with Crippen molar-refractivity contribution in [1.82, 2.24) is 10.5 Å². The monoisotopic (exact) mass is 308 g/mol. The predicted octanol–water partition coefficient (Wildman–Crippen LogP) is 3.28. The molecule has 0 spiro atoms. The van der Waals surface area contributed by atoms with Crippen LogP contribution in [0.25, 0.3) is 11.3 Å². The topological polar surface area (TPSA) is 64.4 Å². The Kier molecular flexibility index (Phi) is 4.38. The summed E-state index contributed by atoms with van der Waals surface area (Å²) in [5.41, 5.74) is 2.22.